The van der Waals surface area contributed by atoms with Crippen LogP contribution in [-0.2, 0) is 27.2 Å². The van der Waals surface area contributed by atoms with Crippen LogP contribution in [0.2, 0.25) is 0 Å². The third kappa shape index (κ3) is 4.48. The van der Waals surface area contributed by atoms with Crippen LogP contribution in [0.1, 0.15) is 54.0 Å². The third-order valence-electron chi connectivity index (χ3n) is 5.86. The molecule has 1 N–H and O–H groups in total. The summed E-state index contributed by atoms with van der Waals surface area (Å²) >= 11 is 0. The van der Waals surface area contributed by atoms with Crippen molar-refractivity contribution in [3.8, 4) is 0 Å². The molecular weight excluding hydrogens is 424 g/mol. The van der Waals surface area contributed by atoms with Gasteiger partial charge in [0.25, 0.3) is 5.56 Å². The topological polar surface area (TPSA) is 106 Å². The molecule has 0 saturated carbocycles. The molecule has 2 aromatic heterocycles. The molecule has 9 nitrogen and oxygen atoms in total. The number of anilines is 1. The van der Waals surface area contributed by atoms with Crippen LogP contribution in [0.4, 0.5) is 5.69 Å². The maximum absolute atomic E-state index is 12.8. The van der Waals surface area contributed by atoms with E-state index in [1.807, 2.05) is 18.2 Å². The molecule has 0 fully saturated rings. The Morgan fingerprint density at radius 1 is 1.18 bits per heavy atom. The van der Waals surface area contributed by atoms with Gasteiger partial charge in [-0.25, -0.2) is 14.3 Å². The van der Waals surface area contributed by atoms with Crippen LogP contribution in [-0.4, -0.2) is 45.8 Å². The lowest BCUT2D eigenvalue weighted by Crippen LogP contribution is -2.41. The van der Waals surface area contributed by atoms with Crippen molar-refractivity contribution in [3.05, 3.63) is 63.2 Å². The Hall–Kier alpha value is -3.62. The average Bonchev–Trinajstić information content (AvgIpc) is 3.12. The number of rotatable bonds is 7. The molecule has 0 radical (unpaired) electrons. The van der Waals surface area contributed by atoms with E-state index in [4.69, 9.17) is 9.47 Å². The number of carbonyl (C=O) groups excluding carboxylic acids is 2. The molecule has 0 amide bonds. The molecule has 0 bridgehead atoms. The average molecular weight is 453 g/mol. The molecule has 0 spiro atoms. The van der Waals surface area contributed by atoms with Crippen LogP contribution < -0.4 is 10.5 Å². The number of aromatic nitrogens is 3. The number of para-hydroxylation sites is 1. The molecule has 1 unspecified atom stereocenters. The van der Waals surface area contributed by atoms with Gasteiger partial charge in [-0.1, -0.05) is 18.2 Å². The highest BCUT2D eigenvalue weighted by atomic mass is 16.5. The number of nitrogens with one attached hydrogen (secondary N) is 1. The van der Waals surface area contributed by atoms with E-state index in [1.165, 1.54) is 16.1 Å². The Labute approximate surface area is 191 Å². The second-order valence-corrected chi connectivity index (χ2v) is 8.04. The molecule has 9 heteroatoms. The fourth-order valence-corrected chi connectivity index (χ4v) is 4.42. The molecule has 174 valence electrons. The number of esters is 2. The summed E-state index contributed by atoms with van der Waals surface area (Å²) in [5.41, 5.74) is 3.38. The van der Waals surface area contributed by atoms with Crippen molar-refractivity contribution in [1.82, 2.24) is 14.6 Å². The smallest absolute Gasteiger partial charge is 0.343 e. The Balaban J connectivity index is 1.74. The van der Waals surface area contributed by atoms with Gasteiger partial charge in [0.05, 0.1) is 31.9 Å². The van der Waals surface area contributed by atoms with Crippen LogP contribution in [0.15, 0.2) is 35.1 Å². The number of hydrogen-bond acceptors (Lipinski definition) is 7. The second-order valence-electron chi connectivity index (χ2n) is 8.04. The number of aromatic amines is 1. The van der Waals surface area contributed by atoms with Gasteiger partial charge >= 0.3 is 11.9 Å². The molecule has 4 rings (SSSR count). The number of aryl methyl sites for hydroxylation is 2. The first-order chi connectivity index (χ1) is 15.9. The molecule has 1 aliphatic heterocycles. The number of fused-ring (bicyclic) bond motifs is 2. The highest BCUT2D eigenvalue weighted by Crippen LogP contribution is 2.33. The second kappa shape index (κ2) is 9.48. The number of nitrogens with zero attached hydrogens (tertiary/aromatic N) is 3. The first-order valence-corrected chi connectivity index (χ1v) is 11.2. The Morgan fingerprint density at radius 2 is 1.94 bits per heavy atom. The lowest BCUT2D eigenvalue weighted by atomic mass is 9.93. The van der Waals surface area contributed by atoms with Gasteiger partial charge in [0.1, 0.15) is 5.56 Å². The highest BCUT2D eigenvalue weighted by molar-refractivity contribution is 5.97. The van der Waals surface area contributed by atoms with E-state index in [-0.39, 0.29) is 41.8 Å². The van der Waals surface area contributed by atoms with E-state index in [2.05, 4.69) is 21.0 Å². The normalized spacial score (nSPS) is 15.4. The van der Waals surface area contributed by atoms with E-state index in [0.29, 0.717) is 24.5 Å². The molecule has 0 aliphatic carbocycles. The first kappa shape index (κ1) is 22.6. The van der Waals surface area contributed by atoms with Gasteiger partial charge < -0.3 is 14.4 Å². The van der Waals surface area contributed by atoms with E-state index in [9.17, 15) is 14.4 Å². The highest BCUT2D eigenvalue weighted by Gasteiger charge is 2.29. The van der Waals surface area contributed by atoms with Gasteiger partial charge in [0, 0.05) is 23.5 Å². The van der Waals surface area contributed by atoms with Gasteiger partial charge in [-0.3, -0.25) is 14.7 Å². The summed E-state index contributed by atoms with van der Waals surface area (Å²) in [6.45, 7) is 6.10. The van der Waals surface area contributed by atoms with Crippen molar-refractivity contribution in [2.45, 2.75) is 52.6 Å². The molecule has 33 heavy (non-hydrogen) atoms. The SMILES string of the molecule is CCOC(=O)CC1CCc2ccccc2N1Cc1cc(=O)n2[nH]c(C)c(C(=O)OCC)c2n1. The van der Waals surface area contributed by atoms with Crippen LogP contribution in [0.3, 0.4) is 0 Å². The molecular formula is C24H28N4O5. The number of carbonyl (C=O) groups is 2. The molecule has 1 aromatic carbocycles. The zero-order valence-corrected chi connectivity index (χ0v) is 19.1. The van der Waals surface area contributed by atoms with Crippen LogP contribution in [0.5, 0.6) is 0 Å². The van der Waals surface area contributed by atoms with Gasteiger partial charge in [0.15, 0.2) is 5.65 Å². The Bertz CT molecular complexity index is 1250. The Morgan fingerprint density at radius 3 is 2.70 bits per heavy atom. The monoisotopic (exact) mass is 452 g/mol. The van der Waals surface area contributed by atoms with E-state index >= 15 is 0 Å². The summed E-state index contributed by atoms with van der Waals surface area (Å²) in [4.78, 5) is 44.3. The van der Waals surface area contributed by atoms with Gasteiger partial charge in [-0.05, 0) is 45.2 Å². The minimum atomic E-state index is -0.527. The minimum absolute atomic E-state index is 0.0864. The molecule has 3 heterocycles. The first-order valence-electron chi connectivity index (χ1n) is 11.2. The molecule has 1 atom stereocenters. The molecule has 1 aliphatic rings. The van der Waals surface area contributed by atoms with Crippen LogP contribution in [0.25, 0.3) is 5.65 Å². The third-order valence-corrected chi connectivity index (χ3v) is 5.86. The summed E-state index contributed by atoms with van der Waals surface area (Å²) in [5, 5.41) is 2.90. The Kier molecular flexibility index (Phi) is 6.48. The maximum Gasteiger partial charge on any atom is 0.343 e. The van der Waals surface area contributed by atoms with Crippen molar-refractivity contribution in [3.63, 3.8) is 0 Å². The van der Waals surface area contributed by atoms with Crippen molar-refractivity contribution in [2.24, 2.45) is 0 Å². The lowest BCUT2D eigenvalue weighted by Gasteiger charge is -2.38. The summed E-state index contributed by atoms with van der Waals surface area (Å²) in [6.07, 6.45) is 1.89. The van der Waals surface area contributed by atoms with E-state index in [0.717, 1.165) is 18.5 Å². The summed E-state index contributed by atoms with van der Waals surface area (Å²) < 4.78 is 11.6. The summed E-state index contributed by atoms with van der Waals surface area (Å²) in [7, 11) is 0. The van der Waals surface area contributed by atoms with Crippen LogP contribution in [0, 0.1) is 6.92 Å². The number of H-pyrrole nitrogens is 1. The van der Waals surface area contributed by atoms with Crippen molar-refractivity contribution in [2.75, 3.05) is 18.1 Å². The predicted octanol–water partition coefficient (Wildman–Crippen LogP) is 2.78. The van der Waals surface area contributed by atoms with Crippen molar-refractivity contribution >= 4 is 23.3 Å². The summed E-state index contributed by atoms with van der Waals surface area (Å²) in [5.74, 6) is -0.775. The zero-order chi connectivity index (χ0) is 23.5. The quantitative estimate of drug-likeness (QED) is 0.550. The van der Waals surface area contributed by atoms with Gasteiger partial charge in [-0.2, -0.15) is 0 Å². The van der Waals surface area contributed by atoms with Gasteiger partial charge in [0.2, 0.25) is 0 Å². The largest absolute Gasteiger partial charge is 0.466 e. The molecule has 3 aromatic rings. The standard InChI is InChI=1S/C24H28N4O5/c1-4-32-21(30)13-18-11-10-16-8-6-7-9-19(16)27(18)14-17-12-20(29)28-23(25-17)22(15(3)26-28)24(31)33-5-2/h6-9,12,18,26H,4-5,10-11,13-14H2,1-3H3. The minimum Gasteiger partial charge on any atom is -0.466 e. The van der Waals surface area contributed by atoms with Crippen molar-refractivity contribution < 1.29 is 19.1 Å². The molecule has 0 saturated heterocycles. The predicted molar refractivity (Wildman–Crippen MR) is 122 cm³/mol. The van der Waals surface area contributed by atoms with Crippen LogP contribution >= 0.6 is 0 Å². The van der Waals surface area contributed by atoms with E-state index in [1.54, 1.807) is 20.8 Å². The number of hydrogen-bond donors (Lipinski definition) is 1. The van der Waals surface area contributed by atoms with E-state index < -0.39 is 5.97 Å². The fourth-order valence-electron chi connectivity index (χ4n) is 4.42. The number of ether oxygens (including phenoxy) is 2. The van der Waals surface area contributed by atoms with Crippen molar-refractivity contribution in [1.29, 1.82) is 0 Å². The number of benzene rings is 1. The maximum atomic E-state index is 12.8. The summed E-state index contributed by atoms with van der Waals surface area (Å²) in [6, 6.07) is 9.41. The fraction of sp³-hybridized carbons (Fsp3) is 0.417. The zero-order valence-electron chi connectivity index (χ0n) is 19.1. The lowest BCUT2D eigenvalue weighted by molar-refractivity contribution is -0.143. The van der Waals surface area contributed by atoms with Gasteiger partial charge in [-0.15, -0.1) is 0 Å².